The molecule has 0 fully saturated rings. The molecule has 0 saturated carbocycles. The standard InChI is InChI=1S/C13H17NO3/c1-3-13(4-2,12(14)15)9-5-6-10-11(7-9)17-8-16-10/h5-7H,3-4,8H2,1-2H3,(H2,14,15). The van der Waals surface area contributed by atoms with Crippen LogP contribution in [0.25, 0.3) is 0 Å². The monoisotopic (exact) mass is 235 g/mol. The first-order valence-electron chi connectivity index (χ1n) is 5.84. The highest BCUT2D eigenvalue weighted by Crippen LogP contribution is 2.39. The zero-order valence-corrected chi connectivity index (χ0v) is 10.2. The van der Waals surface area contributed by atoms with Crippen LogP contribution in [0.1, 0.15) is 32.3 Å². The molecule has 2 rings (SSSR count). The Balaban J connectivity index is 2.47. The molecule has 0 saturated heterocycles. The number of hydrogen-bond donors (Lipinski definition) is 1. The van der Waals surface area contributed by atoms with Crippen molar-refractivity contribution in [1.82, 2.24) is 0 Å². The van der Waals surface area contributed by atoms with Gasteiger partial charge >= 0.3 is 0 Å². The van der Waals surface area contributed by atoms with Crippen molar-refractivity contribution in [2.24, 2.45) is 5.73 Å². The quantitative estimate of drug-likeness (QED) is 0.867. The summed E-state index contributed by atoms with van der Waals surface area (Å²) in [5.41, 5.74) is 5.85. The van der Waals surface area contributed by atoms with E-state index in [4.69, 9.17) is 15.2 Å². The topological polar surface area (TPSA) is 61.6 Å². The predicted octanol–water partition coefficient (Wildman–Crippen LogP) is 1.96. The average molecular weight is 235 g/mol. The maximum absolute atomic E-state index is 11.7. The minimum absolute atomic E-state index is 0.237. The lowest BCUT2D eigenvalue weighted by atomic mass is 9.75. The molecule has 1 aliphatic rings. The lowest BCUT2D eigenvalue weighted by Crippen LogP contribution is -2.40. The molecule has 17 heavy (non-hydrogen) atoms. The van der Waals surface area contributed by atoms with Gasteiger partial charge in [-0.3, -0.25) is 4.79 Å². The number of carbonyl (C=O) groups excluding carboxylic acids is 1. The first-order valence-corrected chi connectivity index (χ1v) is 5.84. The minimum Gasteiger partial charge on any atom is -0.454 e. The maximum atomic E-state index is 11.7. The number of ether oxygens (including phenoxy) is 2. The van der Waals surface area contributed by atoms with Crippen LogP contribution < -0.4 is 15.2 Å². The fourth-order valence-electron chi connectivity index (χ4n) is 2.34. The van der Waals surface area contributed by atoms with Crippen LogP contribution in [0.5, 0.6) is 11.5 Å². The molecule has 0 unspecified atom stereocenters. The molecule has 2 N–H and O–H groups in total. The third kappa shape index (κ3) is 1.73. The van der Waals surface area contributed by atoms with Gasteiger partial charge in [0.15, 0.2) is 11.5 Å². The Morgan fingerprint density at radius 1 is 1.29 bits per heavy atom. The molecule has 1 amide bonds. The lowest BCUT2D eigenvalue weighted by Gasteiger charge is -2.28. The molecule has 1 aromatic carbocycles. The number of nitrogens with two attached hydrogens (primary N) is 1. The minimum atomic E-state index is -0.610. The van der Waals surface area contributed by atoms with Crippen LogP contribution in [0.4, 0.5) is 0 Å². The number of amides is 1. The highest BCUT2D eigenvalue weighted by Gasteiger charge is 2.35. The van der Waals surface area contributed by atoms with E-state index in [2.05, 4.69) is 0 Å². The Hall–Kier alpha value is -1.71. The second kappa shape index (κ2) is 4.28. The number of benzene rings is 1. The summed E-state index contributed by atoms with van der Waals surface area (Å²) in [4.78, 5) is 11.7. The Bertz CT molecular complexity index is 438. The van der Waals surface area contributed by atoms with E-state index in [9.17, 15) is 4.79 Å². The highest BCUT2D eigenvalue weighted by molar-refractivity contribution is 5.86. The van der Waals surface area contributed by atoms with Crippen molar-refractivity contribution < 1.29 is 14.3 Å². The van der Waals surface area contributed by atoms with Crippen LogP contribution in [0, 0.1) is 0 Å². The first-order chi connectivity index (χ1) is 8.14. The van der Waals surface area contributed by atoms with Crippen molar-refractivity contribution in [3.05, 3.63) is 23.8 Å². The number of rotatable bonds is 4. The summed E-state index contributed by atoms with van der Waals surface area (Å²) in [5.74, 6) is 1.12. The molecular weight excluding hydrogens is 218 g/mol. The molecule has 1 aliphatic heterocycles. The molecule has 4 heteroatoms. The number of carbonyl (C=O) groups is 1. The Morgan fingerprint density at radius 2 is 1.94 bits per heavy atom. The van der Waals surface area contributed by atoms with E-state index >= 15 is 0 Å². The van der Waals surface area contributed by atoms with Gasteiger partial charge in [0.2, 0.25) is 12.7 Å². The van der Waals surface area contributed by atoms with E-state index in [1.165, 1.54) is 0 Å². The summed E-state index contributed by atoms with van der Waals surface area (Å²) in [6, 6.07) is 5.59. The van der Waals surface area contributed by atoms with Gasteiger partial charge in [-0.05, 0) is 30.5 Å². The van der Waals surface area contributed by atoms with Gasteiger partial charge in [0.25, 0.3) is 0 Å². The van der Waals surface area contributed by atoms with Gasteiger partial charge in [-0.2, -0.15) is 0 Å². The second-order valence-electron chi connectivity index (χ2n) is 4.22. The van der Waals surface area contributed by atoms with E-state index in [1.807, 2.05) is 32.0 Å². The summed E-state index contributed by atoms with van der Waals surface area (Å²) >= 11 is 0. The van der Waals surface area contributed by atoms with Crippen LogP contribution in [0.3, 0.4) is 0 Å². The second-order valence-corrected chi connectivity index (χ2v) is 4.22. The van der Waals surface area contributed by atoms with Crippen LogP contribution in [0.2, 0.25) is 0 Å². The van der Waals surface area contributed by atoms with Crippen molar-refractivity contribution in [1.29, 1.82) is 0 Å². The fraction of sp³-hybridized carbons (Fsp3) is 0.462. The van der Waals surface area contributed by atoms with E-state index in [0.717, 1.165) is 11.3 Å². The van der Waals surface area contributed by atoms with Crippen molar-refractivity contribution in [2.45, 2.75) is 32.1 Å². The lowest BCUT2D eigenvalue weighted by molar-refractivity contribution is -0.123. The van der Waals surface area contributed by atoms with Gasteiger partial charge in [-0.1, -0.05) is 19.9 Å². The zero-order valence-electron chi connectivity index (χ0n) is 10.2. The van der Waals surface area contributed by atoms with Gasteiger partial charge in [0, 0.05) is 0 Å². The van der Waals surface area contributed by atoms with Crippen molar-refractivity contribution in [3.8, 4) is 11.5 Å². The predicted molar refractivity (Wildman–Crippen MR) is 64.0 cm³/mol. The van der Waals surface area contributed by atoms with E-state index in [0.29, 0.717) is 18.6 Å². The Morgan fingerprint density at radius 3 is 2.53 bits per heavy atom. The van der Waals surface area contributed by atoms with Crippen molar-refractivity contribution in [3.63, 3.8) is 0 Å². The van der Waals surface area contributed by atoms with Crippen LogP contribution >= 0.6 is 0 Å². The van der Waals surface area contributed by atoms with Crippen LogP contribution in [-0.2, 0) is 10.2 Å². The molecule has 4 nitrogen and oxygen atoms in total. The first kappa shape index (κ1) is 11.8. The average Bonchev–Trinajstić information content (AvgIpc) is 2.78. The zero-order chi connectivity index (χ0) is 12.5. The normalized spacial score (nSPS) is 13.8. The van der Waals surface area contributed by atoms with Crippen molar-refractivity contribution >= 4 is 5.91 Å². The van der Waals surface area contributed by atoms with E-state index in [-0.39, 0.29) is 12.7 Å². The van der Waals surface area contributed by atoms with Gasteiger partial charge < -0.3 is 15.2 Å². The molecule has 0 atom stereocenters. The summed E-state index contributed by atoms with van der Waals surface area (Å²) in [5, 5.41) is 0. The maximum Gasteiger partial charge on any atom is 0.231 e. The summed E-state index contributed by atoms with van der Waals surface area (Å²) < 4.78 is 10.6. The Labute approximate surface area is 101 Å². The van der Waals surface area contributed by atoms with Gasteiger partial charge in [0.1, 0.15) is 0 Å². The molecule has 1 aromatic rings. The van der Waals surface area contributed by atoms with Crippen LogP contribution in [0.15, 0.2) is 18.2 Å². The smallest absolute Gasteiger partial charge is 0.231 e. The molecule has 0 spiro atoms. The SMILES string of the molecule is CCC(CC)(C(N)=O)c1ccc2c(c1)OCO2. The molecule has 0 radical (unpaired) electrons. The Kier molecular flexibility index (Phi) is 2.96. The third-order valence-corrected chi connectivity index (χ3v) is 3.60. The highest BCUT2D eigenvalue weighted by atomic mass is 16.7. The van der Waals surface area contributed by atoms with Crippen LogP contribution in [-0.4, -0.2) is 12.7 Å². The molecular formula is C13H17NO3. The molecule has 0 bridgehead atoms. The summed E-state index contributed by atoms with van der Waals surface area (Å²) in [7, 11) is 0. The number of hydrogen-bond acceptors (Lipinski definition) is 3. The van der Waals surface area contributed by atoms with Gasteiger partial charge in [-0.15, -0.1) is 0 Å². The number of primary amides is 1. The molecule has 0 aromatic heterocycles. The van der Waals surface area contributed by atoms with Gasteiger partial charge in [0.05, 0.1) is 5.41 Å². The fourth-order valence-corrected chi connectivity index (χ4v) is 2.34. The molecule has 1 heterocycles. The van der Waals surface area contributed by atoms with Gasteiger partial charge in [-0.25, -0.2) is 0 Å². The summed E-state index contributed by atoms with van der Waals surface area (Å²) in [6.07, 6.45) is 1.36. The van der Waals surface area contributed by atoms with E-state index in [1.54, 1.807) is 0 Å². The molecule has 92 valence electrons. The number of fused-ring (bicyclic) bond motifs is 1. The largest absolute Gasteiger partial charge is 0.454 e. The van der Waals surface area contributed by atoms with E-state index < -0.39 is 5.41 Å². The summed E-state index contributed by atoms with van der Waals surface area (Å²) in [6.45, 7) is 4.18. The van der Waals surface area contributed by atoms with Crippen molar-refractivity contribution in [2.75, 3.05) is 6.79 Å². The third-order valence-electron chi connectivity index (χ3n) is 3.60. The molecule has 0 aliphatic carbocycles.